The minimum absolute atomic E-state index is 0.0969. The van der Waals surface area contributed by atoms with Crippen LogP contribution in [0.4, 0.5) is 13.2 Å². The highest BCUT2D eigenvalue weighted by atomic mass is 19.4. The second-order valence-electron chi connectivity index (χ2n) is 11.6. The van der Waals surface area contributed by atoms with Crippen molar-refractivity contribution in [3.05, 3.63) is 89.6 Å². The van der Waals surface area contributed by atoms with E-state index in [1.165, 1.54) is 18.9 Å². The Kier molecular flexibility index (Phi) is 7.25. The number of rotatable bonds is 8. The standard InChI is InChI=1S/C32H35F3N2O2/c1-30(2,27-18-24(11-13-29(27)38)23-8-4-3-5-9-23)21-31(39,32(33,34)35)19-26-17-25-16-22(10-12-28(25)36-26)20-37-14-6-7-15-37/h3-5,8-13,16-18,36,38-39H,6-7,14-15,19-21H2,1-2H3. The number of alkyl halides is 3. The molecule has 0 amide bonds. The monoisotopic (exact) mass is 536 g/mol. The SMILES string of the molecule is CC(C)(CC(O)(Cc1cc2cc(CN3CCCC3)ccc2[nH]1)C(F)(F)F)c1cc(-c2ccccc2)ccc1O. The van der Waals surface area contributed by atoms with E-state index >= 15 is 0 Å². The van der Waals surface area contributed by atoms with Crippen molar-refractivity contribution in [1.82, 2.24) is 9.88 Å². The van der Waals surface area contributed by atoms with Crippen molar-refractivity contribution < 1.29 is 23.4 Å². The molecule has 5 rings (SSSR count). The molecular formula is C32H35F3N2O2. The van der Waals surface area contributed by atoms with Gasteiger partial charge in [-0.15, -0.1) is 0 Å². The summed E-state index contributed by atoms with van der Waals surface area (Å²) in [6, 6.07) is 22.0. The van der Waals surface area contributed by atoms with E-state index in [4.69, 9.17) is 0 Å². The van der Waals surface area contributed by atoms with Gasteiger partial charge in [0.2, 0.25) is 0 Å². The van der Waals surface area contributed by atoms with Crippen molar-refractivity contribution in [3.8, 4) is 16.9 Å². The Morgan fingerprint density at radius 1 is 0.872 bits per heavy atom. The van der Waals surface area contributed by atoms with E-state index < -0.39 is 30.0 Å². The molecule has 2 heterocycles. The van der Waals surface area contributed by atoms with Crippen LogP contribution in [0.5, 0.6) is 5.75 Å². The third-order valence-electron chi connectivity index (χ3n) is 7.92. The van der Waals surface area contributed by atoms with Gasteiger partial charge in [0.05, 0.1) is 0 Å². The van der Waals surface area contributed by atoms with E-state index in [1.807, 2.05) is 48.5 Å². The third kappa shape index (κ3) is 5.85. The first-order valence-electron chi connectivity index (χ1n) is 13.4. The minimum Gasteiger partial charge on any atom is -0.508 e. The first kappa shape index (κ1) is 27.3. The maximum absolute atomic E-state index is 14.5. The molecule has 1 unspecified atom stereocenters. The van der Waals surface area contributed by atoms with Gasteiger partial charge in [0.25, 0.3) is 0 Å². The third-order valence-corrected chi connectivity index (χ3v) is 7.92. The molecule has 3 aromatic carbocycles. The zero-order valence-electron chi connectivity index (χ0n) is 22.4. The second-order valence-corrected chi connectivity index (χ2v) is 11.6. The number of aromatic amines is 1. The van der Waals surface area contributed by atoms with E-state index in [0.29, 0.717) is 11.3 Å². The zero-order chi connectivity index (χ0) is 27.8. The van der Waals surface area contributed by atoms with Crippen molar-refractivity contribution in [2.75, 3.05) is 13.1 Å². The summed E-state index contributed by atoms with van der Waals surface area (Å²) in [6.45, 7) is 6.21. The predicted molar refractivity (Wildman–Crippen MR) is 149 cm³/mol. The summed E-state index contributed by atoms with van der Waals surface area (Å²) >= 11 is 0. The molecule has 0 spiro atoms. The Labute approximate surface area is 227 Å². The second kappa shape index (κ2) is 10.4. The number of hydrogen-bond donors (Lipinski definition) is 3. The van der Waals surface area contributed by atoms with Gasteiger partial charge in [-0.3, -0.25) is 4.90 Å². The molecule has 1 atom stereocenters. The molecule has 1 aromatic heterocycles. The Morgan fingerprint density at radius 2 is 1.59 bits per heavy atom. The van der Waals surface area contributed by atoms with Gasteiger partial charge >= 0.3 is 6.18 Å². The lowest BCUT2D eigenvalue weighted by Crippen LogP contribution is -2.50. The van der Waals surface area contributed by atoms with Crippen LogP contribution in [0.1, 0.15) is 49.9 Å². The number of aromatic hydroxyl groups is 1. The van der Waals surface area contributed by atoms with Gasteiger partial charge < -0.3 is 15.2 Å². The van der Waals surface area contributed by atoms with E-state index in [0.717, 1.165) is 47.2 Å². The number of aliphatic hydroxyl groups is 1. The molecule has 1 aliphatic heterocycles. The van der Waals surface area contributed by atoms with E-state index in [2.05, 4.69) is 9.88 Å². The quantitative estimate of drug-likeness (QED) is 0.221. The fraction of sp³-hybridized carbons (Fsp3) is 0.375. The summed E-state index contributed by atoms with van der Waals surface area (Å²) in [5.41, 5.74) is 0.0214. The van der Waals surface area contributed by atoms with Gasteiger partial charge in [0.1, 0.15) is 5.75 Å². The number of halogens is 3. The number of likely N-dealkylation sites (tertiary alicyclic amines) is 1. The number of phenols is 1. The van der Waals surface area contributed by atoms with Gasteiger partial charge in [0.15, 0.2) is 5.60 Å². The largest absolute Gasteiger partial charge is 0.508 e. The summed E-state index contributed by atoms with van der Waals surface area (Å²) in [7, 11) is 0. The van der Waals surface area contributed by atoms with Crippen LogP contribution < -0.4 is 0 Å². The highest BCUT2D eigenvalue weighted by Crippen LogP contribution is 2.45. The summed E-state index contributed by atoms with van der Waals surface area (Å²) in [5, 5.41) is 22.7. The first-order valence-corrected chi connectivity index (χ1v) is 13.4. The van der Waals surface area contributed by atoms with Crippen LogP contribution in [-0.2, 0) is 18.4 Å². The highest BCUT2D eigenvalue weighted by Gasteiger charge is 2.56. The lowest BCUT2D eigenvalue weighted by molar-refractivity contribution is -0.266. The van der Waals surface area contributed by atoms with Crippen molar-refractivity contribution in [1.29, 1.82) is 0 Å². The van der Waals surface area contributed by atoms with Crippen molar-refractivity contribution >= 4 is 10.9 Å². The molecule has 4 aromatic rings. The zero-order valence-corrected chi connectivity index (χ0v) is 22.4. The van der Waals surface area contributed by atoms with Crippen LogP contribution in [0.15, 0.2) is 72.8 Å². The van der Waals surface area contributed by atoms with Crippen molar-refractivity contribution in [3.63, 3.8) is 0 Å². The smallest absolute Gasteiger partial charge is 0.417 e. The molecule has 1 saturated heterocycles. The molecule has 1 aliphatic rings. The number of aromatic nitrogens is 1. The summed E-state index contributed by atoms with van der Waals surface area (Å²) in [5.74, 6) is -0.0969. The number of H-pyrrole nitrogens is 1. The number of hydrogen-bond acceptors (Lipinski definition) is 3. The lowest BCUT2D eigenvalue weighted by Gasteiger charge is -2.38. The van der Waals surface area contributed by atoms with Gasteiger partial charge in [-0.05, 0) is 90.2 Å². The molecule has 39 heavy (non-hydrogen) atoms. The van der Waals surface area contributed by atoms with Crippen LogP contribution in [-0.4, -0.2) is 45.0 Å². The molecular weight excluding hydrogens is 501 g/mol. The van der Waals surface area contributed by atoms with Crippen LogP contribution in [0.3, 0.4) is 0 Å². The van der Waals surface area contributed by atoms with Gasteiger partial charge in [0, 0.05) is 29.7 Å². The fourth-order valence-electron chi connectivity index (χ4n) is 5.93. The number of nitrogens with zero attached hydrogens (tertiary/aromatic N) is 1. The molecule has 0 saturated carbocycles. The Morgan fingerprint density at radius 3 is 2.28 bits per heavy atom. The molecule has 206 valence electrons. The van der Waals surface area contributed by atoms with E-state index in [1.54, 1.807) is 32.0 Å². The molecule has 0 bridgehead atoms. The lowest BCUT2D eigenvalue weighted by atomic mass is 9.72. The maximum atomic E-state index is 14.5. The number of phenolic OH excluding ortho intramolecular Hbond substituents is 1. The van der Waals surface area contributed by atoms with Gasteiger partial charge in [-0.25, -0.2) is 0 Å². The van der Waals surface area contributed by atoms with Crippen molar-refractivity contribution in [2.24, 2.45) is 0 Å². The Balaban J connectivity index is 1.42. The topological polar surface area (TPSA) is 59.5 Å². The van der Waals surface area contributed by atoms with Crippen molar-refractivity contribution in [2.45, 2.75) is 63.3 Å². The van der Waals surface area contributed by atoms with E-state index in [9.17, 15) is 23.4 Å². The van der Waals surface area contributed by atoms with Gasteiger partial charge in [-0.2, -0.15) is 13.2 Å². The Hall–Kier alpha value is -3.29. The molecule has 3 N–H and O–H groups in total. The minimum atomic E-state index is -4.88. The molecule has 1 fully saturated rings. The van der Waals surface area contributed by atoms with Crippen LogP contribution in [0, 0.1) is 0 Å². The van der Waals surface area contributed by atoms with Crippen LogP contribution in [0.25, 0.3) is 22.0 Å². The summed E-state index contributed by atoms with van der Waals surface area (Å²) in [4.78, 5) is 5.47. The Bertz CT molecular complexity index is 1440. The molecule has 0 aliphatic carbocycles. The maximum Gasteiger partial charge on any atom is 0.417 e. The number of benzene rings is 3. The molecule has 0 radical (unpaired) electrons. The average Bonchev–Trinajstić information content (AvgIpc) is 3.52. The van der Waals surface area contributed by atoms with Crippen LogP contribution >= 0.6 is 0 Å². The summed E-state index contributed by atoms with van der Waals surface area (Å²) in [6.07, 6.45) is -3.73. The highest BCUT2D eigenvalue weighted by molar-refractivity contribution is 5.81. The number of nitrogens with one attached hydrogen (secondary N) is 1. The van der Waals surface area contributed by atoms with E-state index in [-0.39, 0.29) is 5.75 Å². The molecule has 7 heteroatoms. The van der Waals surface area contributed by atoms with Gasteiger partial charge in [-0.1, -0.05) is 56.3 Å². The average molecular weight is 537 g/mol. The van der Waals surface area contributed by atoms with Crippen LogP contribution in [0.2, 0.25) is 0 Å². The first-order chi connectivity index (χ1) is 18.4. The fourth-order valence-corrected chi connectivity index (χ4v) is 5.93. The summed E-state index contributed by atoms with van der Waals surface area (Å²) < 4.78 is 43.5. The molecule has 4 nitrogen and oxygen atoms in total. The normalized spacial score (nSPS) is 16.6. The number of fused-ring (bicyclic) bond motifs is 1. The predicted octanol–water partition coefficient (Wildman–Crippen LogP) is 7.34.